The summed E-state index contributed by atoms with van der Waals surface area (Å²) in [6, 6.07) is 4.87. The summed E-state index contributed by atoms with van der Waals surface area (Å²) in [6.45, 7) is 7.01. The van der Waals surface area contributed by atoms with Gasteiger partial charge in [-0.3, -0.25) is 4.79 Å². The summed E-state index contributed by atoms with van der Waals surface area (Å²) >= 11 is 0. The van der Waals surface area contributed by atoms with E-state index in [2.05, 4.69) is 31.9 Å². The maximum atomic E-state index is 13.0. The maximum absolute atomic E-state index is 13.0. The van der Waals surface area contributed by atoms with Gasteiger partial charge in [0.2, 0.25) is 0 Å². The molecule has 0 aliphatic heterocycles. The third-order valence-corrected chi connectivity index (χ3v) is 5.52. The first-order chi connectivity index (χ1) is 11.0. The predicted octanol–water partition coefficient (Wildman–Crippen LogP) is 2.80. The van der Waals surface area contributed by atoms with Crippen LogP contribution in [-0.4, -0.2) is 18.1 Å². The Hall–Kier alpha value is -1.61. The van der Waals surface area contributed by atoms with Gasteiger partial charge in [-0.15, -0.1) is 0 Å². The number of fused-ring (bicyclic) bond motifs is 1. The van der Waals surface area contributed by atoms with E-state index >= 15 is 0 Å². The Kier molecular flexibility index (Phi) is 4.58. The molecule has 1 aromatic carbocycles. The molecule has 0 bridgehead atoms. The molecule has 3 heteroatoms. The van der Waals surface area contributed by atoms with Crippen LogP contribution < -0.4 is 10.3 Å². The van der Waals surface area contributed by atoms with Crippen molar-refractivity contribution in [2.45, 2.75) is 65.5 Å². The molecule has 1 heterocycles. The zero-order valence-corrected chi connectivity index (χ0v) is 14.9. The van der Waals surface area contributed by atoms with Crippen molar-refractivity contribution in [2.24, 2.45) is 0 Å². The first kappa shape index (κ1) is 16.3. The van der Waals surface area contributed by atoms with Crippen LogP contribution in [0.25, 0.3) is 10.9 Å². The monoisotopic (exact) mass is 313 g/mol. The summed E-state index contributed by atoms with van der Waals surface area (Å²) in [5.74, 6) is 0. The van der Waals surface area contributed by atoms with Crippen LogP contribution in [0.15, 0.2) is 16.9 Å². The number of H-pyrrole nitrogens is 1. The van der Waals surface area contributed by atoms with Gasteiger partial charge in [0.05, 0.1) is 24.2 Å². The Morgan fingerprint density at radius 2 is 1.83 bits per heavy atom. The van der Waals surface area contributed by atoms with Crippen molar-refractivity contribution < 1.29 is 4.90 Å². The van der Waals surface area contributed by atoms with E-state index in [4.69, 9.17) is 0 Å². The molecular formula is C20H29N2O+. The lowest BCUT2D eigenvalue weighted by atomic mass is 9.94. The topological polar surface area (TPSA) is 37.3 Å². The van der Waals surface area contributed by atoms with Crippen LogP contribution in [0.5, 0.6) is 0 Å². The third-order valence-electron chi connectivity index (χ3n) is 5.52. The smallest absolute Gasteiger partial charge is 0.198 e. The minimum atomic E-state index is 0.221. The van der Waals surface area contributed by atoms with Gasteiger partial charge in [0.1, 0.15) is 6.54 Å². The molecular weight excluding hydrogens is 284 g/mol. The molecule has 1 aliphatic carbocycles. The van der Waals surface area contributed by atoms with Gasteiger partial charge in [-0.25, -0.2) is 0 Å². The molecule has 124 valence electrons. The molecule has 2 aromatic rings. The molecule has 3 nitrogen and oxygen atoms in total. The highest BCUT2D eigenvalue weighted by molar-refractivity contribution is 5.83. The van der Waals surface area contributed by atoms with E-state index in [0.717, 1.165) is 39.8 Å². The van der Waals surface area contributed by atoms with E-state index in [-0.39, 0.29) is 5.43 Å². The number of quaternary nitrogens is 1. The average molecular weight is 313 g/mol. The Bertz CT molecular complexity index is 769. The maximum Gasteiger partial charge on any atom is 0.198 e. The van der Waals surface area contributed by atoms with E-state index in [9.17, 15) is 4.79 Å². The first-order valence-corrected chi connectivity index (χ1v) is 8.92. The van der Waals surface area contributed by atoms with Crippen molar-refractivity contribution in [3.05, 3.63) is 44.7 Å². The van der Waals surface area contributed by atoms with Crippen molar-refractivity contribution in [1.29, 1.82) is 0 Å². The van der Waals surface area contributed by atoms with Crippen LogP contribution in [0, 0.1) is 20.8 Å². The molecule has 1 atom stereocenters. The van der Waals surface area contributed by atoms with E-state index in [0.29, 0.717) is 6.04 Å². The SMILES string of the molecule is Cc1cc(C)c2[nH]c(C)c(C[NH+](C)C3CCCCC3)c(=O)c2c1. The Balaban J connectivity index is 1.99. The highest BCUT2D eigenvalue weighted by Crippen LogP contribution is 2.18. The lowest BCUT2D eigenvalue weighted by molar-refractivity contribution is -0.921. The molecule has 1 unspecified atom stereocenters. The van der Waals surface area contributed by atoms with Crippen LogP contribution in [-0.2, 0) is 6.54 Å². The number of hydrogen-bond donors (Lipinski definition) is 2. The molecule has 0 spiro atoms. The molecule has 3 rings (SSSR count). The van der Waals surface area contributed by atoms with E-state index in [1.54, 1.807) is 0 Å². The predicted molar refractivity (Wildman–Crippen MR) is 96.2 cm³/mol. The Morgan fingerprint density at radius 3 is 2.52 bits per heavy atom. The van der Waals surface area contributed by atoms with Crippen LogP contribution in [0.2, 0.25) is 0 Å². The van der Waals surface area contributed by atoms with Crippen LogP contribution >= 0.6 is 0 Å². The normalized spacial score (nSPS) is 17.6. The third kappa shape index (κ3) is 3.20. The second kappa shape index (κ2) is 6.48. The molecule has 1 aliphatic rings. The number of rotatable bonds is 3. The van der Waals surface area contributed by atoms with Crippen molar-refractivity contribution >= 4 is 10.9 Å². The van der Waals surface area contributed by atoms with Crippen molar-refractivity contribution in [2.75, 3.05) is 7.05 Å². The first-order valence-electron chi connectivity index (χ1n) is 8.92. The fraction of sp³-hybridized carbons (Fsp3) is 0.550. The van der Waals surface area contributed by atoms with Gasteiger partial charge in [-0.1, -0.05) is 12.5 Å². The number of nitrogens with one attached hydrogen (secondary N) is 2. The number of pyridine rings is 1. The number of aromatic amines is 1. The molecule has 23 heavy (non-hydrogen) atoms. The molecule has 0 amide bonds. The van der Waals surface area contributed by atoms with Gasteiger partial charge in [-0.2, -0.15) is 0 Å². The Morgan fingerprint density at radius 1 is 1.13 bits per heavy atom. The van der Waals surface area contributed by atoms with Gasteiger partial charge in [0.25, 0.3) is 0 Å². The van der Waals surface area contributed by atoms with Crippen molar-refractivity contribution in [3.63, 3.8) is 0 Å². The summed E-state index contributed by atoms with van der Waals surface area (Å²) in [4.78, 5) is 18.0. The van der Waals surface area contributed by atoms with Gasteiger partial charge in [-0.05, 0) is 63.6 Å². The lowest BCUT2D eigenvalue weighted by Gasteiger charge is -2.28. The molecule has 0 radical (unpaired) electrons. The molecule has 2 N–H and O–H groups in total. The summed E-state index contributed by atoms with van der Waals surface area (Å²) in [6.07, 6.45) is 6.65. The van der Waals surface area contributed by atoms with E-state index in [1.807, 2.05) is 13.0 Å². The van der Waals surface area contributed by atoms with Gasteiger partial charge in [0, 0.05) is 11.1 Å². The average Bonchev–Trinajstić information content (AvgIpc) is 2.53. The van der Waals surface area contributed by atoms with E-state index in [1.165, 1.54) is 37.0 Å². The zero-order chi connectivity index (χ0) is 16.6. The molecule has 1 fully saturated rings. The number of aryl methyl sites for hydroxylation is 3. The number of hydrogen-bond acceptors (Lipinski definition) is 1. The quantitative estimate of drug-likeness (QED) is 0.898. The van der Waals surface area contributed by atoms with Gasteiger partial charge in [0.15, 0.2) is 5.43 Å². The molecule has 1 aromatic heterocycles. The van der Waals surface area contributed by atoms with Crippen LogP contribution in [0.4, 0.5) is 0 Å². The van der Waals surface area contributed by atoms with E-state index < -0.39 is 0 Å². The Labute approximate surface area is 138 Å². The minimum Gasteiger partial charge on any atom is -0.358 e. The fourth-order valence-corrected chi connectivity index (χ4v) is 4.14. The standard InChI is InChI=1S/C20H28N2O/c1-13-10-14(2)19-17(11-13)20(23)18(15(3)21-19)12-22(4)16-8-6-5-7-9-16/h10-11,16H,5-9,12H2,1-4H3,(H,21,23)/p+1. The molecule has 0 saturated heterocycles. The fourth-order valence-electron chi connectivity index (χ4n) is 4.14. The zero-order valence-electron chi connectivity index (χ0n) is 14.9. The summed E-state index contributed by atoms with van der Waals surface area (Å²) in [5, 5.41) is 0.847. The number of aromatic nitrogens is 1. The van der Waals surface area contributed by atoms with Crippen molar-refractivity contribution in [3.8, 4) is 0 Å². The summed E-state index contributed by atoms with van der Waals surface area (Å²) in [7, 11) is 2.25. The second-order valence-corrected chi connectivity index (χ2v) is 7.42. The van der Waals surface area contributed by atoms with Crippen LogP contribution in [0.3, 0.4) is 0 Å². The highest BCUT2D eigenvalue weighted by Gasteiger charge is 2.23. The van der Waals surface area contributed by atoms with Gasteiger partial charge >= 0.3 is 0 Å². The summed E-state index contributed by atoms with van der Waals surface area (Å²) in [5.41, 5.74) is 5.52. The van der Waals surface area contributed by atoms with Crippen molar-refractivity contribution in [1.82, 2.24) is 4.98 Å². The minimum absolute atomic E-state index is 0.221. The highest BCUT2D eigenvalue weighted by atomic mass is 16.1. The largest absolute Gasteiger partial charge is 0.358 e. The van der Waals surface area contributed by atoms with Gasteiger partial charge < -0.3 is 9.88 Å². The number of benzene rings is 1. The summed E-state index contributed by atoms with van der Waals surface area (Å²) < 4.78 is 0. The second-order valence-electron chi connectivity index (χ2n) is 7.42. The lowest BCUT2D eigenvalue weighted by Crippen LogP contribution is -3.12. The molecule has 1 saturated carbocycles. The van der Waals surface area contributed by atoms with Crippen LogP contribution in [0.1, 0.15) is 54.5 Å².